The second kappa shape index (κ2) is 6.65. The number of hydrogen-bond donors (Lipinski definition) is 1. The fourth-order valence-corrected chi connectivity index (χ4v) is 2.02. The van der Waals surface area contributed by atoms with E-state index in [4.69, 9.17) is 5.11 Å². The molecule has 0 amide bonds. The second-order valence-corrected chi connectivity index (χ2v) is 4.87. The molecule has 1 unspecified atom stereocenters. The van der Waals surface area contributed by atoms with Gasteiger partial charge in [0.1, 0.15) is 11.8 Å². The number of ether oxygens (including phenoxy) is 1. The molecule has 0 bridgehead atoms. The Labute approximate surface area is 117 Å². The number of benzene rings is 1. The van der Waals surface area contributed by atoms with E-state index in [1.807, 2.05) is 0 Å². The third kappa shape index (κ3) is 4.16. The smallest absolute Gasteiger partial charge is 0.387 e. The average molecular weight is 287 g/mol. The van der Waals surface area contributed by atoms with Gasteiger partial charge < -0.3 is 9.84 Å². The lowest BCUT2D eigenvalue weighted by molar-refractivity contribution is -0.142. The van der Waals surface area contributed by atoms with E-state index in [1.54, 1.807) is 44.9 Å². The lowest BCUT2D eigenvalue weighted by Crippen LogP contribution is -2.35. The molecule has 1 N–H and O–H groups in total. The summed E-state index contributed by atoms with van der Waals surface area (Å²) in [7, 11) is 1.70. The SMILES string of the molecule is Cc1cc(CN(C)C(C)C(=O)O)cc(C)c1OC(F)F. The first-order valence-electron chi connectivity index (χ1n) is 6.20. The Morgan fingerprint density at radius 2 is 1.85 bits per heavy atom. The number of hydrogen-bond acceptors (Lipinski definition) is 3. The molecule has 0 aromatic heterocycles. The number of rotatable bonds is 6. The fraction of sp³-hybridized carbons (Fsp3) is 0.500. The molecule has 4 nitrogen and oxygen atoms in total. The van der Waals surface area contributed by atoms with Crippen LogP contribution in [0.1, 0.15) is 23.6 Å². The number of aliphatic carboxylic acids is 1. The van der Waals surface area contributed by atoms with Gasteiger partial charge in [0, 0.05) is 6.54 Å². The predicted molar refractivity (Wildman–Crippen MR) is 71.1 cm³/mol. The first kappa shape index (κ1) is 16.4. The van der Waals surface area contributed by atoms with Crippen LogP contribution in [0.2, 0.25) is 0 Å². The summed E-state index contributed by atoms with van der Waals surface area (Å²) >= 11 is 0. The topological polar surface area (TPSA) is 49.8 Å². The molecular formula is C14H19F2NO3. The number of nitrogens with zero attached hydrogens (tertiary/aromatic N) is 1. The largest absolute Gasteiger partial charge is 0.480 e. The molecule has 0 saturated heterocycles. The van der Waals surface area contributed by atoms with E-state index in [1.165, 1.54) is 0 Å². The summed E-state index contributed by atoms with van der Waals surface area (Å²) in [6.45, 7) is 2.54. The van der Waals surface area contributed by atoms with Crippen LogP contribution in [0.15, 0.2) is 12.1 Å². The Morgan fingerprint density at radius 3 is 2.25 bits per heavy atom. The quantitative estimate of drug-likeness (QED) is 0.874. The van der Waals surface area contributed by atoms with E-state index in [2.05, 4.69) is 4.74 Å². The van der Waals surface area contributed by atoms with Crippen molar-refractivity contribution in [1.82, 2.24) is 4.90 Å². The predicted octanol–water partition coefficient (Wildman–Crippen LogP) is 2.81. The number of likely N-dealkylation sites (N-methyl/N-ethyl adjacent to an activating group) is 1. The molecule has 0 fully saturated rings. The van der Waals surface area contributed by atoms with Gasteiger partial charge in [-0.3, -0.25) is 9.69 Å². The third-order valence-corrected chi connectivity index (χ3v) is 3.18. The first-order valence-corrected chi connectivity index (χ1v) is 6.20. The number of carboxylic acid groups (broad SMARTS) is 1. The van der Waals surface area contributed by atoms with E-state index in [-0.39, 0.29) is 5.75 Å². The van der Waals surface area contributed by atoms with E-state index in [0.29, 0.717) is 17.7 Å². The molecule has 112 valence electrons. The van der Waals surface area contributed by atoms with Crippen molar-refractivity contribution in [3.05, 3.63) is 28.8 Å². The van der Waals surface area contributed by atoms with Crippen molar-refractivity contribution in [3.8, 4) is 5.75 Å². The van der Waals surface area contributed by atoms with Crippen LogP contribution in [0.5, 0.6) is 5.75 Å². The average Bonchev–Trinajstić information content (AvgIpc) is 2.32. The molecule has 1 atom stereocenters. The summed E-state index contributed by atoms with van der Waals surface area (Å²) in [5.41, 5.74) is 2.07. The fourth-order valence-electron chi connectivity index (χ4n) is 2.02. The van der Waals surface area contributed by atoms with E-state index < -0.39 is 18.6 Å². The van der Waals surface area contributed by atoms with Gasteiger partial charge in [0.25, 0.3) is 0 Å². The maximum Gasteiger partial charge on any atom is 0.387 e. The van der Waals surface area contributed by atoms with Crippen LogP contribution in [0.25, 0.3) is 0 Å². The lowest BCUT2D eigenvalue weighted by atomic mass is 10.0. The minimum atomic E-state index is -2.85. The number of alkyl halides is 2. The number of aryl methyl sites for hydroxylation is 2. The van der Waals surface area contributed by atoms with Crippen LogP contribution in [-0.4, -0.2) is 35.7 Å². The molecule has 0 heterocycles. The Bertz CT molecular complexity index is 468. The van der Waals surface area contributed by atoms with Crippen molar-refractivity contribution in [1.29, 1.82) is 0 Å². The molecule has 1 rings (SSSR count). The molecule has 0 saturated carbocycles. The summed E-state index contributed by atoms with van der Waals surface area (Å²) in [5.74, 6) is -0.726. The van der Waals surface area contributed by atoms with Gasteiger partial charge in [0.15, 0.2) is 0 Å². The molecule has 1 aromatic carbocycles. The molecule has 20 heavy (non-hydrogen) atoms. The van der Waals surface area contributed by atoms with Gasteiger partial charge in [-0.1, -0.05) is 12.1 Å². The summed E-state index contributed by atoms with van der Waals surface area (Å²) in [6, 6.07) is 2.85. The monoisotopic (exact) mass is 287 g/mol. The molecule has 0 spiro atoms. The van der Waals surface area contributed by atoms with Gasteiger partial charge in [0.2, 0.25) is 0 Å². The van der Waals surface area contributed by atoms with Crippen LogP contribution in [0, 0.1) is 13.8 Å². The van der Waals surface area contributed by atoms with Gasteiger partial charge in [-0.2, -0.15) is 8.78 Å². The number of carboxylic acids is 1. The molecule has 0 radical (unpaired) electrons. The number of halogens is 2. The second-order valence-electron chi connectivity index (χ2n) is 4.87. The van der Waals surface area contributed by atoms with E-state index in [9.17, 15) is 13.6 Å². The van der Waals surface area contributed by atoms with Crippen LogP contribution < -0.4 is 4.74 Å². The highest BCUT2D eigenvalue weighted by Crippen LogP contribution is 2.27. The standard InChI is InChI=1S/C14H19F2NO3/c1-8-5-11(7-17(4)10(3)13(18)19)6-9(2)12(8)20-14(15)16/h5-6,10,14H,7H2,1-4H3,(H,18,19). The molecule has 1 aromatic rings. The molecule has 0 aliphatic heterocycles. The van der Waals surface area contributed by atoms with E-state index >= 15 is 0 Å². The maximum atomic E-state index is 12.3. The molecule has 0 aliphatic carbocycles. The van der Waals surface area contributed by atoms with Crippen molar-refractivity contribution >= 4 is 5.97 Å². The van der Waals surface area contributed by atoms with Crippen molar-refractivity contribution in [2.75, 3.05) is 7.05 Å². The van der Waals surface area contributed by atoms with Crippen LogP contribution in [0.3, 0.4) is 0 Å². The van der Waals surface area contributed by atoms with Gasteiger partial charge in [-0.05, 0) is 44.5 Å². The summed E-state index contributed by atoms with van der Waals surface area (Å²) in [5, 5.41) is 8.94. The highest BCUT2D eigenvalue weighted by Gasteiger charge is 2.18. The van der Waals surface area contributed by atoms with Gasteiger partial charge in [-0.25, -0.2) is 0 Å². The molecule has 0 aliphatic rings. The van der Waals surface area contributed by atoms with Gasteiger partial charge >= 0.3 is 12.6 Å². The van der Waals surface area contributed by atoms with Gasteiger partial charge in [-0.15, -0.1) is 0 Å². The van der Waals surface area contributed by atoms with Crippen LogP contribution in [-0.2, 0) is 11.3 Å². The van der Waals surface area contributed by atoms with Crippen molar-refractivity contribution in [3.63, 3.8) is 0 Å². The lowest BCUT2D eigenvalue weighted by Gasteiger charge is -2.22. The highest BCUT2D eigenvalue weighted by atomic mass is 19.3. The number of carbonyl (C=O) groups is 1. The normalized spacial score (nSPS) is 12.8. The minimum absolute atomic E-state index is 0.178. The van der Waals surface area contributed by atoms with E-state index in [0.717, 1.165) is 5.56 Å². The van der Waals surface area contributed by atoms with Crippen molar-refractivity contribution in [2.24, 2.45) is 0 Å². The Morgan fingerprint density at radius 1 is 1.35 bits per heavy atom. The zero-order valence-electron chi connectivity index (χ0n) is 12.0. The first-order chi connectivity index (χ1) is 9.22. The third-order valence-electron chi connectivity index (χ3n) is 3.18. The zero-order chi connectivity index (χ0) is 15.4. The Kier molecular flexibility index (Phi) is 5.44. The summed E-state index contributed by atoms with van der Waals surface area (Å²) < 4.78 is 29.1. The van der Waals surface area contributed by atoms with Crippen molar-refractivity contribution in [2.45, 2.75) is 40.0 Å². The Balaban J connectivity index is 2.91. The van der Waals surface area contributed by atoms with Crippen LogP contribution >= 0.6 is 0 Å². The molecular weight excluding hydrogens is 268 g/mol. The summed E-state index contributed by atoms with van der Waals surface area (Å²) in [4.78, 5) is 12.6. The van der Waals surface area contributed by atoms with Gasteiger partial charge in [0.05, 0.1) is 0 Å². The van der Waals surface area contributed by atoms with Crippen molar-refractivity contribution < 1.29 is 23.4 Å². The zero-order valence-corrected chi connectivity index (χ0v) is 12.0. The Hall–Kier alpha value is -1.69. The summed E-state index contributed by atoms with van der Waals surface area (Å²) in [6.07, 6.45) is 0. The van der Waals surface area contributed by atoms with Crippen LogP contribution in [0.4, 0.5) is 8.78 Å². The maximum absolute atomic E-state index is 12.3. The minimum Gasteiger partial charge on any atom is -0.480 e. The molecule has 6 heteroatoms. The highest BCUT2D eigenvalue weighted by molar-refractivity contribution is 5.72.